The summed E-state index contributed by atoms with van der Waals surface area (Å²) in [4.78, 5) is 11.5. The SMILES string of the molecule is CCc1cc(N2CCC(NCCc3ccc(C)o3)CC2)nc(C)n1. The third-order valence-electron chi connectivity index (χ3n) is 4.66. The van der Waals surface area contributed by atoms with Crippen LogP contribution in [0.2, 0.25) is 0 Å². The molecule has 0 bridgehead atoms. The Labute approximate surface area is 144 Å². The predicted molar refractivity (Wildman–Crippen MR) is 96.5 cm³/mol. The van der Waals surface area contributed by atoms with Gasteiger partial charge in [-0.25, -0.2) is 9.97 Å². The van der Waals surface area contributed by atoms with Gasteiger partial charge in [0, 0.05) is 43.9 Å². The van der Waals surface area contributed by atoms with Crippen molar-refractivity contribution in [2.24, 2.45) is 0 Å². The van der Waals surface area contributed by atoms with Crippen molar-refractivity contribution < 1.29 is 4.42 Å². The van der Waals surface area contributed by atoms with Crippen molar-refractivity contribution in [3.63, 3.8) is 0 Å². The molecule has 0 amide bonds. The minimum atomic E-state index is 0.589. The molecule has 3 rings (SSSR count). The number of piperidine rings is 1. The molecule has 0 aliphatic carbocycles. The Balaban J connectivity index is 1.46. The van der Waals surface area contributed by atoms with Gasteiger partial charge in [0.15, 0.2) is 0 Å². The first-order chi connectivity index (χ1) is 11.6. The fraction of sp³-hybridized carbons (Fsp3) is 0.579. The summed E-state index contributed by atoms with van der Waals surface area (Å²) in [5, 5.41) is 3.67. The largest absolute Gasteiger partial charge is 0.466 e. The number of aromatic nitrogens is 2. The van der Waals surface area contributed by atoms with Crippen LogP contribution in [0, 0.1) is 13.8 Å². The molecular weight excluding hydrogens is 300 g/mol. The summed E-state index contributed by atoms with van der Waals surface area (Å²) in [7, 11) is 0. The molecule has 0 atom stereocenters. The minimum Gasteiger partial charge on any atom is -0.466 e. The van der Waals surface area contributed by atoms with Crippen molar-refractivity contribution in [2.75, 3.05) is 24.5 Å². The number of hydrogen-bond donors (Lipinski definition) is 1. The molecular formula is C19H28N4O. The van der Waals surface area contributed by atoms with Crippen LogP contribution in [0.25, 0.3) is 0 Å². The standard InChI is InChI=1S/C19H28N4O/c1-4-16-13-19(22-15(3)21-16)23-11-8-17(9-12-23)20-10-7-18-6-5-14(2)24-18/h5-6,13,17,20H,4,7-12H2,1-3H3. The number of anilines is 1. The molecule has 2 aromatic rings. The van der Waals surface area contributed by atoms with Crippen molar-refractivity contribution in [1.82, 2.24) is 15.3 Å². The molecule has 1 aliphatic heterocycles. The van der Waals surface area contributed by atoms with E-state index in [0.29, 0.717) is 6.04 Å². The summed E-state index contributed by atoms with van der Waals surface area (Å²) >= 11 is 0. The van der Waals surface area contributed by atoms with Crippen LogP contribution in [0.5, 0.6) is 0 Å². The highest BCUT2D eigenvalue weighted by molar-refractivity contribution is 5.40. The highest BCUT2D eigenvalue weighted by Gasteiger charge is 2.20. The van der Waals surface area contributed by atoms with Gasteiger partial charge in [0.1, 0.15) is 23.2 Å². The molecule has 1 fully saturated rings. The second-order valence-corrected chi connectivity index (χ2v) is 6.60. The maximum absolute atomic E-state index is 5.62. The predicted octanol–water partition coefficient (Wildman–Crippen LogP) is 3.05. The molecule has 1 saturated heterocycles. The van der Waals surface area contributed by atoms with Gasteiger partial charge in [-0.1, -0.05) is 6.92 Å². The van der Waals surface area contributed by atoms with Gasteiger partial charge >= 0.3 is 0 Å². The van der Waals surface area contributed by atoms with E-state index in [1.54, 1.807) is 0 Å². The maximum atomic E-state index is 5.62. The third-order valence-corrected chi connectivity index (χ3v) is 4.66. The fourth-order valence-corrected chi connectivity index (χ4v) is 3.29. The highest BCUT2D eigenvalue weighted by atomic mass is 16.3. The number of nitrogens with zero attached hydrogens (tertiary/aromatic N) is 3. The van der Waals surface area contributed by atoms with Crippen LogP contribution in [-0.2, 0) is 12.8 Å². The number of furan rings is 1. The van der Waals surface area contributed by atoms with Crippen molar-refractivity contribution in [3.05, 3.63) is 41.2 Å². The van der Waals surface area contributed by atoms with Gasteiger partial charge in [-0.05, 0) is 45.2 Å². The van der Waals surface area contributed by atoms with Gasteiger partial charge in [-0.15, -0.1) is 0 Å². The fourth-order valence-electron chi connectivity index (χ4n) is 3.29. The van der Waals surface area contributed by atoms with E-state index in [1.165, 1.54) is 0 Å². The zero-order valence-electron chi connectivity index (χ0n) is 15.0. The normalized spacial score (nSPS) is 15.9. The number of rotatable bonds is 6. The van der Waals surface area contributed by atoms with E-state index < -0.39 is 0 Å². The van der Waals surface area contributed by atoms with E-state index in [4.69, 9.17) is 4.42 Å². The van der Waals surface area contributed by atoms with Crippen LogP contribution >= 0.6 is 0 Å². The minimum absolute atomic E-state index is 0.589. The van der Waals surface area contributed by atoms with Crippen LogP contribution in [0.1, 0.15) is 42.8 Å². The molecule has 1 aliphatic rings. The van der Waals surface area contributed by atoms with Gasteiger partial charge in [0.2, 0.25) is 0 Å². The van der Waals surface area contributed by atoms with Crippen LogP contribution in [-0.4, -0.2) is 35.6 Å². The van der Waals surface area contributed by atoms with Gasteiger partial charge in [0.25, 0.3) is 0 Å². The summed E-state index contributed by atoms with van der Waals surface area (Å²) in [5.74, 6) is 4.02. The van der Waals surface area contributed by atoms with Crippen LogP contribution < -0.4 is 10.2 Å². The summed E-state index contributed by atoms with van der Waals surface area (Å²) < 4.78 is 5.62. The quantitative estimate of drug-likeness (QED) is 0.883. The van der Waals surface area contributed by atoms with E-state index in [9.17, 15) is 0 Å². The Morgan fingerprint density at radius 3 is 2.67 bits per heavy atom. The van der Waals surface area contributed by atoms with Crippen LogP contribution in [0.3, 0.4) is 0 Å². The molecule has 0 saturated carbocycles. The molecule has 0 aromatic carbocycles. The third kappa shape index (κ3) is 4.35. The molecule has 2 aromatic heterocycles. The van der Waals surface area contributed by atoms with Crippen molar-refractivity contribution in [2.45, 2.75) is 52.5 Å². The number of hydrogen-bond acceptors (Lipinski definition) is 5. The topological polar surface area (TPSA) is 54.2 Å². The number of nitrogens with one attached hydrogen (secondary N) is 1. The first-order valence-corrected chi connectivity index (χ1v) is 9.02. The Hall–Kier alpha value is -1.88. The molecule has 130 valence electrons. The summed E-state index contributed by atoms with van der Waals surface area (Å²) in [6.45, 7) is 9.19. The van der Waals surface area contributed by atoms with E-state index in [0.717, 1.165) is 74.2 Å². The van der Waals surface area contributed by atoms with Gasteiger partial charge in [0.05, 0.1) is 0 Å². The van der Waals surface area contributed by atoms with E-state index in [2.05, 4.69) is 39.2 Å². The first-order valence-electron chi connectivity index (χ1n) is 9.02. The average molecular weight is 328 g/mol. The zero-order chi connectivity index (χ0) is 16.9. The van der Waals surface area contributed by atoms with Gasteiger partial charge in [-0.2, -0.15) is 0 Å². The van der Waals surface area contributed by atoms with Crippen molar-refractivity contribution in [3.8, 4) is 0 Å². The Bertz CT molecular complexity index is 659. The maximum Gasteiger partial charge on any atom is 0.132 e. The van der Waals surface area contributed by atoms with Gasteiger partial charge in [-0.3, -0.25) is 0 Å². The lowest BCUT2D eigenvalue weighted by Crippen LogP contribution is -2.43. The van der Waals surface area contributed by atoms with Crippen molar-refractivity contribution >= 4 is 5.82 Å². The molecule has 3 heterocycles. The second kappa shape index (κ2) is 7.79. The van der Waals surface area contributed by atoms with Crippen LogP contribution in [0.15, 0.2) is 22.6 Å². The second-order valence-electron chi connectivity index (χ2n) is 6.60. The molecule has 0 radical (unpaired) electrons. The summed E-state index contributed by atoms with van der Waals surface area (Å²) in [6, 6.07) is 6.83. The van der Waals surface area contributed by atoms with E-state index >= 15 is 0 Å². The number of aryl methyl sites for hydroxylation is 3. The highest BCUT2D eigenvalue weighted by Crippen LogP contribution is 2.19. The molecule has 0 spiro atoms. The van der Waals surface area contributed by atoms with E-state index in [-0.39, 0.29) is 0 Å². The Kier molecular flexibility index (Phi) is 5.51. The average Bonchev–Trinajstić information content (AvgIpc) is 3.00. The first kappa shape index (κ1) is 17.0. The lowest BCUT2D eigenvalue weighted by molar-refractivity contribution is 0.404. The smallest absolute Gasteiger partial charge is 0.132 e. The molecule has 5 nitrogen and oxygen atoms in total. The summed E-state index contributed by atoms with van der Waals surface area (Å²) in [5.41, 5.74) is 1.13. The molecule has 24 heavy (non-hydrogen) atoms. The van der Waals surface area contributed by atoms with Crippen molar-refractivity contribution in [1.29, 1.82) is 0 Å². The monoisotopic (exact) mass is 328 g/mol. The Morgan fingerprint density at radius 1 is 1.21 bits per heavy atom. The van der Waals surface area contributed by atoms with Gasteiger partial charge < -0.3 is 14.6 Å². The lowest BCUT2D eigenvalue weighted by Gasteiger charge is -2.33. The summed E-state index contributed by atoms with van der Waals surface area (Å²) in [6.07, 6.45) is 4.23. The van der Waals surface area contributed by atoms with Crippen LogP contribution in [0.4, 0.5) is 5.82 Å². The lowest BCUT2D eigenvalue weighted by atomic mass is 10.0. The molecule has 5 heteroatoms. The molecule has 1 N–H and O–H groups in total. The zero-order valence-corrected chi connectivity index (χ0v) is 15.0. The Morgan fingerprint density at radius 2 is 2.00 bits per heavy atom. The molecule has 0 unspecified atom stereocenters. The van der Waals surface area contributed by atoms with E-state index in [1.807, 2.05) is 19.9 Å².